The Labute approximate surface area is 146 Å². The van der Waals surface area contributed by atoms with Gasteiger partial charge in [0, 0.05) is 17.5 Å². The molecule has 0 aliphatic rings. The van der Waals surface area contributed by atoms with Crippen molar-refractivity contribution in [3.05, 3.63) is 65.8 Å². The highest BCUT2D eigenvalue weighted by atomic mass is 32.2. The van der Waals surface area contributed by atoms with Crippen molar-refractivity contribution < 1.29 is 17.7 Å². The Morgan fingerprint density at radius 3 is 2.72 bits per heavy atom. The monoisotopic (exact) mass is 365 g/mol. The molecule has 0 unspecified atom stereocenters. The van der Waals surface area contributed by atoms with E-state index in [-0.39, 0.29) is 11.4 Å². The molecule has 3 rings (SSSR count). The van der Waals surface area contributed by atoms with Crippen LogP contribution >= 0.6 is 11.8 Å². The number of halogens is 3. The number of aryl methyl sites for hydroxylation is 1. The summed E-state index contributed by atoms with van der Waals surface area (Å²) >= 11 is 1.60. The molecule has 130 valence electrons. The van der Waals surface area contributed by atoms with Crippen LogP contribution in [0.4, 0.5) is 13.2 Å². The Balaban J connectivity index is 1.57. The number of alkyl halides is 3. The molecule has 0 spiro atoms. The van der Waals surface area contributed by atoms with Gasteiger partial charge in [0.25, 0.3) is 0 Å². The first kappa shape index (κ1) is 17.5. The van der Waals surface area contributed by atoms with E-state index in [1.54, 1.807) is 18.0 Å². The van der Waals surface area contributed by atoms with Gasteiger partial charge in [0.05, 0.1) is 11.3 Å². The highest BCUT2D eigenvalue weighted by Gasteiger charge is 2.30. The van der Waals surface area contributed by atoms with Gasteiger partial charge < -0.3 is 4.52 Å². The first-order valence-electron chi connectivity index (χ1n) is 7.50. The van der Waals surface area contributed by atoms with Gasteiger partial charge >= 0.3 is 6.18 Å². The lowest BCUT2D eigenvalue weighted by molar-refractivity contribution is -0.137. The number of hydrogen-bond acceptors (Lipinski definition) is 5. The third-order valence-electron chi connectivity index (χ3n) is 3.37. The topological polar surface area (TPSA) is 51.8 Å². The molecule has 0 atom stereocenters. The fourth-order valence-electron chi connectivity index (χ4n) is 2.15. The van der Waals surface area contributed by atoms with E-state index >= 15 is 0 Å². The molecule has 0 amide bonds. The van der Waals surface area contributed by atoms with Gasteiger partial charge in [-0.05, 0) is 36.4 Å². The lowest BCUT2D eigenvalue weighted by Gasteiger charge is -2.06. The molecule has 0 saturated carbocycles. The molecule has 0 aliphatic heterocycles. The molecular formula is C17H14F3N3OS. The highest BCUT2D eigenvalue weighted by molar-refractivity contribution is 7.98. The Morgan fingerprint density at radius 1 is 1.08 bits per heavy atom. The maximum absolute atomic E-state index is 12.8. The molecule has 0 N–H and O–H groups in total. The maximum atomic E-state index is 12.8. The minimum atomic E-state index is -4.40. The molecule has 3 aromatic rings. The normalized spacial score (nSPS) is 11.6. The molecule has 25 heavy (non-hydrogen) atoms. The second-order valence-corrected chi connectivity index (χ2v) is 6.32. The van der Waals surface area contributed by atoms with Crippen molar-refractivity contribution in [1.29, 1.82) is 0 Å². The summed E-state index contributed by atoms with van der Waals surface area (Å²) in [6.07, 6.45) is -1.83. The molecular weight excluding hydrogens is 351 g/mol. The Kier molecular flexibility index (Phi) is 5.37. The van der Waals surface area contributed by atoms with Crippen LogP contribution in [-0.2, 0) is 18.3 Å². The molecule has 2 heterocycles. The van der Waals surface area contributed by atoms with Gasteiger partial charge in [-0.2, -0.15) is 29.9 Å². The van der Waals surface area contributed by atoms with Crippen molar-refractivity contribution in [3.63, 3.8) is 0 Å². The first-order chi connectivity index (χ1) is 12.0. The summed E-state index contributed by atoms with van der Waals surface area (Å²) in [7, 11) is 0. The van der Waals surface area contributed by atoms with Crippen LogP contribution in [0.3, 0.4) is 0 Å². The van der Waals surface area contributed by atoms with Gasteiger partial charge in [-0.1, -0.05) is 23.4 Å². The van der Waals surface area contributed by atoms with Gasteiger partial charge in [0.1, 0.15) is 0 Å². The van der Waals surface area contributed by atoms with Crippen molar-refractivity contribution in [3.8, 4) is 11.4 Å². The third kappa shape index (κ3) is 4.82. The van der Waals surface area contributed by atoms with E-state index < -0.39 is 11.7 Å². The van der Waals surface area contributed by atoms with Gasteiger partial charge in [-0.25, -0.2) is 0 Å². The number of rotatable bonds is 6. The largest absolute Gasteiger partial charge is 0.416 e. The van der Waals surface area contributed by atoms with Crippen LogP contribution < -0.4 is 0 Å². The molecule has 0 radical (unpaired) electrons. The summed E-state index contributed by atoms with van der Waals surface area (Å²) in [5.41, 5.74) is 0.551. The Hall–Kier alpha value is -2.35. The standard InChI is InChI=1S/C17H14F3N3OS/c18-17(19,20)13-5-3-4-12(10-13)16-22-15(24-23-16)11-25-9-7-14-6-1-2-8-21-14/h1-6,8,10H,7,9,11H2. The van der Waals surface area contributed by atoms with Crippen molar-refractivity contribution in [1.82, 2.24) is 15.1 Å². The average Bonchev–Trinajstić information content (AvgIpc) is 3.08. The fraction of sp³-hybridized carbons (Fsp3) is 0.235. The molecule has 2 aromatic heterocycles. The number of hydrogen-bond donors (Lipinski definition) is 0. The van der Waals surface area contributed by atoms with Gasteiger partial charge in [-0.15, -0.1) is 0 Å². The maximum Gasteiger partial charge on any atom is 0.416 e. The minimum absolute atomic E-state index is 0.159. The molecule has 1 aromatic carbocycles. The summed E-state index contributed by atoms with van der Waals surface area (Å²) in [6.45, 7) is 0. The number of pyridine rings is 1. The summed E-state index contributed by atoms with van der Waals surface area (Å²) in [5.74, 6) is 1.88. The lowest BCUT2D eigenvalue weighted by atomic mass is 10.1. The van der Waals surface area contributed by atoms with E-state index in [1.807, 2.05) is 18.2 Å². The van der Waals surface area contributed by atoms with E-state index in [2.05, 4.69) is 15.1 Å². The van der Waals surface area contributed by atoms with Gasteiger partial charge in [-0.3, -0.25) is 4.98 Å². The lowest BCUT2D eigenvalue weighted by Crippen LogP contribution is -2.04. The number of nitrogens with zero attached hydrogens (tertiary/aromatic N) is 3. The molecule has 0 aliphatic carbocycles. The van der Waals surface area contributed by atoms with Crippen molar-refractivity contribution >= 4 is 11.8 Å². The van der Waals surface area contributed by atoms with Crippen molar-refractivity contribution in [2.24, 2.45) is 0 Å². The van der Waals surface area contributed by atoms with Crippen molar-refractivity contribution in [2.45, 2.75) is 18.3 Å². The first-order valence-corrected chi connectivity index (χ1v) is 8.66. The van der Waals surface area contributed by atoms with Gasteiger partial charge in [0.2, 0.25) is 11.7 Å². The molecule has 4 nitrogen and oxygen atoms in total. The van der Waals surface area contributed by atoms with Crippen LogP contribution in [0.15, 0.2) is 53.2 Å². The molecule has 0 fully saturated rings. The second-order valence-electron chi connectivity index (χ2n) is 5.21. The van der Waals surface area contributed by atoms with Crippen LogP contribution in [-0.4, -0.2) is 20.9 Å². The average molecular weight is 365 g/mol. The third-order valence-corrected chi connectivity index (χ3v) is 4.31. The Bertz CT molecular complexity index is 821. The zero-order valence-corrected chi connectivity index (χ0v) is 13.8. The van der Waals surface area contributed by atoms with E-state index in [1.165, 1.54) is 12.1 Å². The second kappa shape index (κ2) is 7.69. The summed E-state index contributed by atoms with van der Waals surface area (Å²) in [6, 6.07) is 10.6. The molecule has 0 bridgehead atoms. The van der Waals surface area contributed by atoms with Crippen LogP contribution in [0.1, 0.15) is 17.1 Å². The summed E-state index contributed by atoms with van der Waals surface area (Å²) < 4.78 is 43.4. The smallest absolute Gasteiger partial charge is 0.338 e. The minimum Gasteiger partial charge on any atom is -0.338 e. The quantitative estimate of drug-likeness (QED) is 0.596. The van der Waals surface area contributed by atoms with E-state index in [4.69, 9.17) is 4.52 Å². The SMILES string of the molecule is FC(F)(F)c1cccc(-c2noc(CSCCc3ccccn3)n2)c1. The van der Waals surface area contributed by atoms with Gasteiger partial charge in [0.15, 0.2) is 0 Å². The number of benzene rings is 1. The summed E-state index contributed by atoms with van der Waals surface area (Å²) in [5, 5.41) is 3.77. The van der Waals surface area contributed by atoms with Crippen LogP contribution in [0, 0.1) is 0 Å². The molecule has 0 saturated heterocycles. The van der Waals surface area contributed by atoms with E-state index in [0.29, 0.717) is 11.6 Å². The van der Waals surface area contributed by atoms with Crippen LogP contribution in [0.25, 0.3) is 11.4 Å². The van der Waals surface area contributed by atoms with E-state index in [9.17, 15) is 13.2 Å². The fourth-order valence-corrected chi connectivity index (χ4v) is 2.94. The number of thioether (sulfide) groups is 1. The highest BCUT2D eigenvalue weighted by Crippen LogP contribution is 2.31. The predicted octanol–water partition coefficient (Wildman–Crippen LogP) is 4.63. The zero-order valence-electron chi connectivity index (χ0n) is 13.0. The van der Waals surface area contributed by atoms with Crippen molar-refractivity contribution in [2.75, 3.05) is 5.75 Å². The summed E-state index contributed by atoms with van der Waals surface area (Å²) in [4.78, 5) is 8.41. The van der Waals surface area contributed by atoms with Crippen LogP contribution in [0.5, 0.6) is 0 Å². The van der Waals surface area contributed by atoms with E-state index in [0.717, 1.165) is 30.0 Å². The zero-order chi connectivity index (χ0) is 17.7. The van der Waals surface area contributed by atoms with Crippen LogP contribution in [0.2, 0.25) is 0 Å². The number of aromatic nitrogens is 3. The molecule has 8 heteroatoms. The predicted molar refractivity (Wildman–Crippen MR) is 88.8 cm³/mol. The Morgan fingerprint density at radius 2 is 1.96 bits per heavy atom.